The number of carbonyl (C=O) groups is 1. The van der Waals surface area contributed by atoms with Crippen LogP contribution in [0.15, 0.2) is 30.3 Å². The van der Waals surface area contributed by atoms with E-state index in [9.17, 15) is 4.79 Å². The minimum atomic E-state index is -0.486. The molecular weight excluding hydrogens is 216 g/mol. The molecule has 1 aromatic carbocycles. The first-order valence-corrected chi connectivity index (χ1v) is 5.80. The van der Waals surface area contributed by atoms with Crippen LogP contribution in [0.5, 0.6) is 0 Å². The van der Waals surface area contributed by atoms with Gasteiger partial charge in [0.25, 0.3) is 0 Å². The molecule has 1 unspecified atom stereocenters. The summed E-state index contributed by atoms with van der Waals surface area (Å²) in [6, 6.07) is 9.28. The fraction of sp³-hybridized carbons (Fsp3) is 0.462. The van der Waals surface area contributed by atoms with Crippen LogP contribution >= 0.6 is 0 Å². The van der Waals surface area contributed by atoms with Gasteiger partial charge in [0.15, 0.2) is 0 Å². The summed E-state index contributed by atoms with van der Waals surface area (Å²) in [5.41, 5.74) is 6.90. The number of methoxy groups -OCH3 is 1. The minimum absolute atomic E-state index is 0.107. The van der Waals surface area contributed by atoms with E-state index in [2.05, 4.69) is 5.32 Å². The molecule has 0 heterocycles. The van der Waals surface area contributed by atoms with Crippen molar-refractivity contribution in [3.05, 3.63) is 35.9 Å². The predicted octanol–water partition coefficient (Wildman–Crippen LogP) is 0.709. The van der Waals surface area contributed by atoms with Crippen molar-refractivity contribution in [2.75, 3.05) is 20.3 Å². The number of rotatable bonds is 7. The van der Waals surface area contributed by atoms with Crippen LogP contribution in [0.2, 0.25) is 0 Å². The number of nitrogens with two attached hydrogens (primary N) is 1. The van der Waals surface area contributed by atoms with Crippen LogP contribution in [0.1, 0.15) is 12.0 Å². The van der Waals surface area contributed by atoms with Gasteiger partial charge in [-0.25, -0.2) is 0 Å². The highest BCUT2D eigenvalue weighted by atomic mass is 16.5. The number of ether oxygens (including phenoxy) is 1. The van der Waals surface area contributed by atoms with Gasteiger partial charge in [0.1, 0.15) is 0 Å². The van der Waals surface area contributed by atoms with Gasteiger partial charge >= 0.3 is 0 Å². The summed E-state index contributed by atoms with van der Waals surface area (Å²) in [4.78, 5) is 11.6. The van der Waals surface area contributed by atoms with Crippen LogP contribution in [0.25, 0.3) is 0 Å². The van der Waals surface area contributed by atoms with Crippen LogP contribution in [-0.4, -0.2) is 32.2 Å². The molecule has 1 aromatic rings. The summed E-state index contributed by atoms with van der Waals surface area (Å²) in [6.45, 7) is 1.25. The second kappa shape index (κ2) is 7.81. The molecule has 0 bridgehead atoms. The van der Waals surface area contributed by atoms with E-state index in [1.54, 1.807) is 7.11 Å². The highest BCUT2D eigenvalue weighted by Gasteiger charge is 2.12. The van der Waals surface area contributed by atoms with Crippen molar-refractivity contribution in [2.45, 2.75) is 18.9 Å². The third-order valence-corrected chi connectivity index (χ3v) is 2.46. The predicted molar refractivity (Wildman–Crippen MR) is 67.6 cm³/mol. The van der Waals surface area contributed by atoms with Crippen LogP contribution < -0.4 is 11.1 Å². The van der Waals surface area contributed by atoms with E-state index in [0.717, 1.165) is 12.0 Å². The summed E-state index contributed by atoms with van der Waals surface area (Å²) in [5.74, 6) is -0.107. The van der Waals surface area contributed by atoms with Crippen LogP contribution in [0.4, 0.5) is 0 Å². The molecular formula is C13H20N2O2. The average Bonchev–Trinajstić information content (AvgIpc) is 2.35. The van der Waals surface area contributed by atoms with E-state index in [0.29, 0.717) is 19.6 Å². The molecule has 0 saturated heterocycles. The third kappa shape index (κ3) is 5.47. The molecule has 4 nitrogen and oxygen atoms in total. The van der Waals surface area contributed by atoms with Gasteiger partial charge in [-0.05, 0) is 18.4 Å². The zero-order chi connectivity index (χ0) is 12.5. The van der Waals surface area contributed by atoms with Gasteiger partial charge in [-0.2, -0.15) is 0 Å². The fourth-order valence-electron chi connectivity index (χ4n) is 1.52. The monoisotopic (exact) mass is 236 g/mol. The quantitative estimate of drug-likeness (QED) is 0.685. The first-order valence-electron chi connectivity index (χ1n) is 5.80. The topological polar surface area (TPSA) is 64.3 Å². The van der Waals surface area contributed by atoms with Gasteiger partial charge in [-0.15, -0.1) is 0 Å². The molecule has 1 atom stereocenters. The molecule has 4 heteroatoms. The molecule has 0 aliphatic heterocycles. The van der Waals surface area contributed by atoms with E-state index < -0.39 is 6.04 Å². The molecule has 0 aliphatic carbocycles. The summed E-state index contributed by atoms with van der Waals surface area (Å²) < 4.78 is 4.90. The van der Waals surface area contributed by atoms with Gasteiger partial charge in [0.2, 0.25) is 5.91 Å². The smallest absolute Gasteiger partial charge is 0.237 e. The molecule has 0 radical (unpaired) electrons. The van der Waals surface area contributed by atoms with Crippen molar-refractivity contribution >= 4 is 5.91 Å². The second-order valence-corrected chi connectivity index (χ2v) is 3.93. The van der Waals surface area contributed by atoms with E-state index in [4.69, 9.17) is 10.5 Å². The van der Waals surface area contributed by atoms with Crippen molar-refractivity contribution in [1.29, 1.82) is 0 Å². The minimum Gasteiger partial charge on any atom is -0.385 e. The van der Waals surface area contributed by atoms with E-state index in [1.807, 2.05) is 30.3 Å². The largest absolute Gasteiger partial charge is 0.385 e. The van der Waals surface area contributed by atoms with Crippen molar-refractivity contribution in [2.24, 2.45) is 5.73 Å². The molecule has 1 rings (SSSR count). The summed E-state index contributed by atoms with van der Waals surface area (Å²) in [7, 11) is 1.64. The maximum Gasteiger partial charge on any atom is 0.237 e. The lowest BCUT2D eigenvalue weighted by atomic mass is 10.1. The lowest BCUT2D eigenvalue weighted by Crippen LogP contribution is -2.42. The molecule has 94 valence electrons. The fourth-order valence-corrected chi connectivity index (χ4v) is 1.52. The van der Waals surface area contributed by atoms with Crippen LogP contribution in [0, 0.1) is 0 Å². The Balaban J connectivity index is 2.27. The lowest BCUT2D eigenvalue weighted by molar-refractivity contribution is -0.122. The maximum atomic E-state index is 11.6. The van der Waals surface area contributed by atoms with E-state index in [-0.39, 0.29) is 5.91 Å². The molecule has 0 aromatic heterocycles. The summed E-state index contributed by atoms with van der Waals surface area (Å²) >= 11 is 0. The lowest BCUT2D eigenvalue weighted by Gasteiger charge is -2.12. The van der Waals surface area contributed by atoms with Gasteiger partial charge in [0.05, 0.1) is 6.04 Å². The third-order valence-electron chi connectivity index (χ3n) is 2.46. The maximum absolute atomic E-state index is 11.6. The average molecular weight is 236 g/mol. The molecule has 0 saturated carbocycles. The standard InChI is InChI=1S/C13H20N2O2/c1-17-9-5-8-15-13(16)12(14)10-11-6-3-2-4-7-11/h2-4,6-7,12H,5,8-10,14H2,1H3,(H,15,16). The number of benzene rings is 1. The van der Waals surface area contributed by atoms with Crippen molar-refractivity contribution in [1.82, 2.24) is 5.32 Å². The number of hydrogen-bond acceptors (Lipinski definition) is 3. The second-order valence-electron chi connectivity index (χ2n) is 3.93. The van der Waals surface area contributed by atoms with Gasteiger partial charge in [-0.1, -0.05) is 30.3 Å². The van der Waals surface area contributed by atoms with Gasteiger partial charge < -0.3 is 15.8 Å². The molecule has 17 heavy (non-hydrogen) atoms. The molecule has 1 amide bonds. The Morgan fingerprint density at radius 3 is 2.76 bits per heavy atom. The SMILES string of the molecule is COCCCNC(=O)C(N)Cc1ccccc1. The number of carbonyl (C=O) groups excluding carboxylic acids is 1. The van der Waals surface area contributed by atoms with Gasteiger partial charge in [0, 0.05) is 20.3 Å². The van der Waals surface area contributed by atoms with Crippen molar-refractivity contribution in [3.8, 4) is 0 Å². The van der Waals surface area contributed by atoms with Crippen molar-refractivity contribution in [3.63, 3.8) is 0 Å². The van der Waals surface area contributed by atoms with E-state index in [1.165, 1.54) is 0 Å². The zero-order valence-corrected chi connectivity index (χ0v) is 10.2. The molecule has 0 fully saturated rings. The Bertz CT molecular complexity index is 327. The number of amides is 1. The summed E-state index contributed by atoms with van der Waals surface area (Å²) in [5, 5.41) is 2.79. The van der Waals surface area contributed by atoms with E-state index >= 15 is 0 Å². The first kappa shape index (κ1) is 13.7. The molecule has 3 N–H and O–H groups in total. The molecule has 0 spiro atoms. The normalized spacial score (nSPS) is 12.1. The highest BCUT2D eigenvalue weighted by molar-refractivity contribution is 5.81. The Morgan fingerprint density at radius 1 is 1.41 bits per heavy atom. The van der Waals surface area contributed by atoms with Gasteiger partial charge in [-0.3, -0.25) is 4.79 Å². The Hall–Kier alpha value is -1.39. The highest BCUT2D eigenvalue weighted by Crippen LogP contribution is 2.01. The zero-order valence-electron chi connectivity index (χ0n) is 10.2. The van der Waals surface area contributed by atoms with Crippen LogP contribution in [0.3, 0.4) is 0 Å². The first-order chi connectivity index (χ1) is 8.24. The van der Waals surface area contributed by atoms with Crippen molar-refractivity contribution < 1.29 is 9.53 Å². The Labute approximate surface area is 102 Å². The summed E-state index contributed by atoms with van der Waals surface area (Å²) in [6.07, 6.45) is 1.37. The Morgan fingerprint density at radius 2 is 2.12 bits per heavy atom. The molecule has 0 aliphatic rings. The number of hydrogen-bond donors (Lipinski definition) is 2. The van der Waals surface area contributed by atoms with Crippen LogP contribution in [-0.2, 0) is 16.0 Å². The number of nitrogens with one attached hydrogen (secondary N) is 1. The Kier molecular flexibility index (Phi) is 6.29.